The molecule has 0 spiro atoms. The van der Waals surface area contributed by atoms with E-state index in [1.54, 1.807) is 4.90 Å². The molecule has 4 heteroatoms. The zero-order valence-electron chi connectivity index (χ0n) is 9.87. The summed E-state index contributed by atoms with van der Waals surface area (Å²) in [5.74, 6) is 0. The van der Waals surface area contributed by atoms with Crippen molar-refractivity contribution in [2.24, 2.45) is 0 Å². The first-order chi connectivity index (χ1) is 6.79. The first-order valence-electron chi connectivity index (χ1n) is 5.47. The van der Waals surface area contributed by atoms with Gasteiger partial charge in [-0.3, -0.25) is 4.90 Å². The monoisotopic (exact) mass is 213 g/mol. The first kappa shape index (κ1) is 10.7. The van der Waals surface area contributed by atoms with Crippen LogP contribution in [-0.2, 0) is 9.47 Å². The molecule has 86 valence electrons. The van der Waals surface area contributed by atoms with E-state index in [2.05, 4.69) is 6.92 Å². The van der Waals surface area contributed by atoms with Crippen molar-refractivity contribution in [1.29, 1.82) is 0 Å². The molecule has 2 bridgehead atoms. The van der Waals surface area contributed by atoms with Crippen molar-refractivity contribution in [3.05, 3.63) is 0 Å². The summed E-state index contributed by atoms with van der Waals surface area (Å²) in [5, 5.41) is 0. The van der Waals surface area contributed by atoms with Crippen molar-refractivity contribution < 1.29 is 14.3 Å². The lowest BCUT2D eigenvalue weighted by atomic mass is 9.86. The highest BCUT2D eigenvalue weighted by Crippen LogP contribution is 2.42. The SMILES string of the molecule is CC(C)(C)OC(=O)N1CCC2(C)CC1O2. The summed E-state index contributed by atoms with van der Waals surface area (Å²) < 4.78 is 10.9. The van der Waals surface area contributed by atoms with Gasteiger partial charge in [-0.1, -0.05) is 0 Å². The van der Waals surface area contributed by atoms with Gasteiger partial charge in [-0.25, -0.2) is 4.79 Å². The highest BCUT2D eigenvalue weighted by atomic mass is 16.6. The molecule has 0 saturated carbocycles. The van der Waals surface area contributed by atoms with Crippen molar-refractivity contribution >= 4 is 6.09 Å². The van der Waals surface area contributed by atoms with Gasteiger partial charge in [-0.05, 0) is 34.1 Å². The molecular formula is C11H19NO3. The number of nitrogens with zero attached hydrogens (tertiary/aromatic N) is 1. The van der Waals surface area contributed by atoms with Crippen LogP contribution in [0.25, 0.3) is 0 Å². The van der Waals surface area contributed by atoms with E-state index in [9.17, 15) is 4.79 Å². The molecular weight excluding hydrogens is 194 g/mol. The van der Waals surface area contributed by atoms with E-state index >= 15 is 0 Å². The van der Waals surface area contributed by atoms with E-state index in [4.69, 9.17) is 9.47 Å². The van der Waals surface area contributed by atoms with Gasteiger partial charge in [0.05, 0.1) is 5.60 Å². The fourth-order valence-corrected chi connectivity index (χ4v) is 2.05. The van der Waals surface area contributed by atoms with Crippen molar-refractivity contribution in [3.8, 4) is 0 Å². The average Bonchev–Trinajstić information content (AvgIpc) is 1.98. The van der Waals surface area contributed by atoms with Crippen LogP contribution in [0.5, 0.6) is 0 Å². The maximum Gasteiger partial charge on any atom is 0.412 e. The molecule has 0 aromatic rings. The maximum atomic E-state index is 11.8. The number of rotatable bonds is 0. The number of hydrogen-bond donors (Lipinski definition) is 0. The average molecular weight is 213 g/mol. The summed E-state index contributed by atoms with van der Waals surface area (Å²) >= 11 is 0. The van der Waals surface area contributed by atoms with E-state index in [0.717, 1.165) is 19.4 Å². The Balaban J connectivity index is 1.93. The number of piperidine rings is 1. The molecule has 3 saturated heterocycles. The second-order valence-electron chi connectivity index (χ2n) is 5.65. The number of hydrogen-bond acceptors (Lipinski definition) is 3. The zero-order chi connectivity index (χ0) is 11.3. The van der Waals surface area contributed by atoms with Crippen LogP contribution in [0.4, 0.5) is 4.79 Å². The Morgan fingerprint density at radius 1 is 1.53 bits per heavy atom. The van der Waals surface area contributed by atoms with Crippen molar-refractivity contribution in [2.75, 3.05) is 6.54 Å². The van der Waals surface area contributed by atoms with Crippen LogP contribution >= 0.6 is 0 Å². The summed E-state index contributed by atoms with van der Waals surface area (Å²) in [4.78, 5) is 13.5. The summed E-state index contributed by atoms with van der Waals surface area (Å²) in [7, 11) is 0. The number of carbonyl (C=O) groups excluding carboxylic acids is 1. The van der Waals surface area contributed by atoms with Gasteiger partial charge in [0, 0.05) is 13.0 Å². The van der Waals surface area contributed by atoms with Crippen LogP contribution in [0.15, 0.2) is 0 Å². The number of ether oxygens (including phenoxy) is 2. The highest BCUT2D eigenvalue weighted by Gasteiger charge is 2.51. The van der Waals surface area contributed by atoms with Crippen molar-refractivity contribution in [1.82, 2.24) is 4.90 Å². The molecule has 1 amide bonds. The van der Waals surface area contributed by atoms with Gasteiger partial charge in [0.15, 0.2) is 0 Å². The van der Waals surface area contributed by atoms with Crippen molar-refractivity contribution in [2.45, 2.75) is 58.0 Å². The Labute approximate surface area is 90.5 Å². The molecule has 0 radical (unpaired) electrons. The highest BCUT2D eigenvalue weighted by molar-refractivity contribution is 5.68. The molecule has 0 N–H and O–H groups in total. The summed E-state index contributed by atoms with van der Waals surface area (Å²) in [6, 6.07) is 0. The van der Waals surface area contributed by atoms with Crippen LogP contribution in [0, 0.1) is 0 Å². The number of amides is 1. The minimum absolute atomic E-state index is 0.0170. The molecule has 2 unspecified atom stereocenters. The smallest absolute Gasteiger partial charge is 0.412 e. The lowest BCUT2D eigenvalue weighted by Crippen LogP contribution is -2.64. The molecule has 0 aromatic heterocycles. The van der Waals surface area contributed by atoms with Gasteiger partial charge in [-0.15, -0.1) is 0 Å². The number of carbonyl (C=O) groups is 1. The lowest BCUT2D eigenvalue weighted by Gasteiger charge is -2.55. The molecule has 3 fully saturated rings. The Kier molecular flexibility index (Phi) is 2.23. The summed E-state index contributed by atoms with van der Waals surface area (Å²) in [6.07, 6.45) is 1.53. The van der Waals surface area contributed by atoms with E-state index in [1.165, 1.54) is 0 Å². The maximum absolute atomic E-state index is 11.8. The molecule has 0 aromatic carbocycles. The van der Waals surface area contributed by atoms with Gasteiger partial charge >= 0.3 is 6.09 Å². The predicted molar refractivity (Wildman–Crippen MR) is 55.5 cm³/mol. The topological polar surface area (TPSA) is 38.8 Å². The normalized spacial score (nSPS) is 34.7. The Morgan fingerprint density at radius 2 is 2.13 bits per heavy atom. The summed E-state index contributed by atoms with van der Waals surface area (Å²) in [6.45, 7) is 8.47. The van der Waals surface area contributed by atoms with Crippen LogP contribution in [0.1, 0.15) is 40.5 Å². The fourth-order valence-electron chi connectivity index (χ4n) is 2.05. The van der Waals surface area contributed by atoms with E-state index in [0.29, 0.717) is 0 Å². The molecule has 3 aliphatic heterocycles. The van der Waals surface area contributed by atoms with Gasteiger partial charge in [0.2, 0.25) is 0 Å². The molecule has 2 atom stereocenters. The lowest BCUT2D eigenvalue weighted by molar-refractivity contribution is -0.279. The quantitative estimate of drug-likeness (QED) is 0.618. The van der Waals surface area contributed by atoms with Gasteiger partial charge in [0.1, 0.15) is 11.8 Å². The van der Waals surface area contributed by atoms with E-state index in [1.807, 2.05) is 20.8 Å². The minimum Gasteiger partial charge on any atom is -0.444 e. The van der Waals surface area contributed by atoms with Crippen LogP contribution < -0.4 is 0 Å². The second kappa shape index (κ2) is 3.11. The number of fused-ring (bicyclic) bond motifs is 2. The van der Waals surface area contributed by atoms with Crippen LogP contribution in [-0.4, -0.2) is 35.0 Å². The standard InChI is InChI=1S/C11H19NO3/c1-10(2,3)15-9(13)12-6-5-11(4)7-8(12)14-11/h8H,5-7H2,1-4H3. The molecule has 15 heavy (non-hydrogen) atoms. The third kappa shape index (κ3) is 2.09. The third-order valence-electron chi connectivity index (χ3n) is 2.88. The van der Waals surface area contributed by atoms with Crippen LogP contribution in [0.2, 0.25) is 0 Å². The van der Waals surface area contributed by atoms with Gasteiger partial charge < -0.3 is 9.47 Å². The van der Waals surface area contributed by atoms with E-state index in [-0.39, 0.29) is 17.9 Å². The molecule has 0 aliphatic carbocycles. The third-order valence-corrected chi connectivity index (χ3v) is 2.88. The Morgan fingerprint density at radius 3 is 2.53 bits per heavy atom. The first-order valence-corrected chi connectivity index (χ1v) is 5.47. The molecule has 3 rings (SSSR count). The largest absolute Gasteiger partial charge is 0.444 e. The zero-order valence-corrected chi connectivity index (χ0v) is 9.87. The van der Waals surface area contributed by atoms with Crippen LogP contribution in [0.3, 0.4) is 0 Å². The molecule has 4 nitrogen and oxygen atoms in total. The Hall–Kier alpha value is -0.770. The second-order valence-corrected chi connectivity index (χ2v) is 5.65. The van der Waals surface area contributed by atoms with Gasteiger partial charge in [0.25, 0.3) is 0 Å². The predicted octanol–water partition coefficient (Wildman–Crippen LogP) is 2.13. The Bertz CT molecular complexity index is 271. The molecule has 3 aliphatic rings. The van der Waals surface area contributed by atoms with Crippen molar-refractivity contribution in [3.63, 3.8) is 0 Å². The fraction of sp³-hybridized carbons (Fsp3) is 0.909. The molecule has 3 heterocycles. The minimum atomic E-state index is -0.429. The summed E-state index contributed by atoms with van der Waals surface area (Å²) in [5.41, 5.74) is -0.412. The van der Waals surface area contributed by atoms with E-state index < -0.39 is 5.60 Å². The van der Waals surface area contributed by atoms with Gasteiger partial charge in [-0.2, -0.15) is 0 Å².